The van der Waals surface area contributed by atoms with E-state index < -0.39 is 0 Å². The molecule has 3 heterocycles. The van der Waals surface area contributed by atoms with Crippen molar-refractivity contribution >= 4 is 43.6 Å². The molecule has 3 aromatic heterocycles. The zero-order chi connectivity index (χ0) is 22.7. The molecule has 0 fully saturated rings. The van der Waals surface area contributed by atoms with Crippen LogP contribution in [0.25, 0.3) is 38.9 Å². The molecule has 0 spiro atoms. The van der Waals surface area contributed by atoms with Crippen LogP contribution in [0, 0.1) is 0 Å². The van der Waals surface area contributed by atoms with Crippen molar-refractivity contribution in [1.82, 2.24) is 19.7 Å². The maximum absolute atomic E-state index is 12.5. The number of fused-ring (bicyclic) bond motifs is 4. The minimum absolute atomic E-state index is 0.233. The van der Waals surface area contributed by atoms with Gasteiger partial charge in [-0.3, -0.25) is 9.78 Å². The van der Waals surface area contributed by atoms with Crippen LogP contribution in [0.15, 0.2) is 71.3 Å². The van der Waals surface area contributed by atoms with Gasteiger partial charge in [0, 0.05) is 34.5 Å². The Labute approximate surface area is 199 Å². The number of nitrogens with zero attached hydrogens (tertiary/aromatic N) is 4. The maximum Gasteiger partial charge on any atom is 0.165 e. The van der Waals surface area contributed by atoms with Crippen LogP contribution in [0.4, 0.5) is 0 Å². The molecular weight excluding hydrogens is 476 g/mol. The molecule has 6 rings (SSSR count). The highest BCUT2D eigenvalue weighted by Gasteiger charge is 2.33. The second kappa shape index (κ2) is 7.32. The lowest BCUT2D eigenvalue weighted by atomic mass is 9.73. The third-order valence-corrected chi connectivity index (χ3v) is 6.93. The molecule has 2 aromatic carbocycles. The van der Waals surface area contributed by atoms with Crippen molar-refractivity contribution in [2.75, 3.05) is 0 Å². The topological polar surface area (TPSA) is 60.7 Å². The van der Waals surface area contributed by atoms with Gasteiger partial charge in [-0.15, -0.1) is 0 Å². The molecule has 0 atom stereocenters. The summed E-state index contributed by atoms with van der Waals surface area (Å²) in [7, 11) is 0. The highest BCUT2D eigenvalue weighted by molar-refractivity contribution is 9.10. The summed E-state index contributed by atoms with van der Waals surface area (Å²) in [5.74, 6) is 0.234. The van der Waals surface area contributed by atoms with Crippen LogP contribution in [-0.4, -0.2) is 25.5 Å². The summed E-state index contributed by atoms with van der Waals surface area (Å²) in [6.07, 6.45) is 2.79. The summed E-state index contributed by atoms with van der Waals surface area (Å²) in [6, 6.07) is 20.3. The second-order valence-electron chi connectivity index (χ2n) is 9.26. The zero-order valence-electron chi connectivity index (χ0n) is 18.3. The summed E-state index contributed by atoms with van der Waals surface area (Å²) >= 11 is 3.52. The van der Waals surface area contributed by atoms with Crippen LogP contribution in [0.5, 0.6) is 0 Å². The predicted octanol–water partition coefficient (Wildman–Crippen LogP) is 6.19. The predicted molar refractivity (Wildman–Crippen MR) is 134 cm³/mol. The lowest BCUT2D eigenvalue weighted by molar-refractivity contribution is -0.120. The molecule has 1 aliphatic rings. The van der Waals surface area contributed by atoms with Crippen LogP contribution in [0.3, 0.4) is 0 Å². The van der Waals surface area contributed by atoms with Gasteiger partial charge in [0.1, 0.15) is 11.5 Å². The number of para-hydroxylation sites is 1. The summed E-state index contributed by atoms with van der Waals surface area (Å²) in [4.78, 5) is 22.4. The maximum atomic E-state index is 12.5. The van der Waals surface area contributed by atoms with Gasteiger partial charge in [0.25, 0.3) is 0 Å². The normalized spacial score (nSPS) is 15.2. The van der Waals surface area contributed by atoms with Gasteiger partial charge >= 0.3 is 0 Å². The third-order valence-electron chi connectivity index (χ3n) is 6.41. The molecule has 0 radical (unpaired) electrons. The fourth-order valence-electron chi connectivity index (χ4n) is 4.86. The fraction of sp³-hybridized carbons (Fsp3) is 0.185. The van der Waals surface area contributed by atoms with Gasteiger partial charge in [0.2, 0.25) is 0 Å². The first kappa shape index (κ1) is 20.2. The molecule has 0 aliphatic heterocycles. The molecule has 5 aromatic rings. The third kappa shape index (κ3) is 3.28. The number of carbonyl (C=O) groups excluding carboxylic acids is 1. The lowest BCUT2D eigenvalue weighted by Gasteiger charge is -2.31. The van der Waals surface area contributed by atoms with E-state index in [2.05, 4.69) is 35.8 Å². The smallest absolute Gasteiger partial charge is 0.165 e. The largest absolute Gasteiger partial charge is 0.299 e. The standard InChI is InChI=1S/C27H21BrN4O/c1-27(2)14-20(33)13-22-21(27)12-17-15-29-26-23(24(17)30-22)25(16-8-10-18(28)11-9-16)31-32(26)19-6-4-3-5-7-19/h3-12,15H,13-14H2,1-2H3. The van der Waals surface area contributed by atoms with E-state index in [9.17, 15) is 4.79 Å². The Morgan fingerprint density at radius 3 is 2.55 bits per heavy atom. The molecule has 1 aliphatic carbocycles. The minimum atomic E-state index is -0.233. The van der Waals surface area contributed by atoms with Crippen molar-refractivity contribution in [2.24, 2.45) is 0 Å². The molecule has 0 saturated carbocycles. The Morgan fingerprint density at radius 2 is 1.79 bits per heavy atom. The van der Waals surface area contributed by atoms with Crippen molar-refractivity contribution in [3.8, 4) is 16.9 Å². The van der Waals surface area contributed by atoms with E-state index in [0.29, 0.717) is 12.8 Å². The summed E-state index contributed by atoms with van der Waals surface area (Å²) < 4.78 is 2.89. The monoisotopic (exact) mass is 496 g/mol. The molecule has 0 saturated heterocycles. The van der Waals surface area contributed by atoms with Crippen LogP contribution in [-0.2, 0) is 16.6 Å². The van der Waals surface area contributed by atoms with Crippen LogP contribution in [0.2, 0.25) is 0 Å². The van der Waals surface area contributed by atoms with E-state index in [1.807, 2.05) is 65.5 Å². The van der Waals surface area contributed by atoms with Gasteiger partial charge in [0.05, 0.1) is 22.3 Å². The molecule has 33 heavy (non-hydrogen) atoms. The lowest BCUT2D eigenvalue weighted by Crippen LogP contribution is -2.30. The molecular formula is C27H21BrN4O. The fourth-order valence-corrected chi connectivity index (χ4v) is 5.12. The molecule has 0 bridgehead atoms. The Morgan fingerprint density at radius 1 is 1.03 bits per heavy atom. The van der Waals surface area contributed by atoms with E-state index in [1.54, 1.807) is 0 Å². The molecule has 5 nitrogen and oxygen atoms in total. The van der Waals surface area contributed by atoms with E-state index >= 15 is 0 Å². The van der Waals surface area contributed by atoms with Crippen LogP contribution in [0.1, 0.15) is 31.5 Å². The van der Waals surface area contributed by atoms with Gasteiger partial charge in [-0.05, 0) is 41.3 Å². The van der Waals surface area contributed by atoms with Crippen LogP contribution < -0.4 is 0 Å². The quantitative estimate of drug-likeness (QED) is 0.292. The Hall–Kier alpha value is -3.38. The highest BCUT2D eigenvalue weighted by Crippen LogP contribution is 2.39. The van der Waals surface area contributed by atoms with E-state index in [4.69, 9.17) is 15.1 Å². The summed E-state index contributed by atoms with van der Waals surface area (Å²) in [5, 5.41) is 6.86. The SMILES string of the molecule is CC1(C)CC(=O)Cc2nc3c(cnc4c3c(-c3ccc(Br)cc3)nn4-c3ccccc3)cc21. The van der Waals surface area contributed by atoms with Crippen molar-refractivity contribution < 1.29 is 4.79 Å². The number of pyridine rings is 2. The Kier molecular flexibility index (Phi) is 4.49. The second-order valence-corrected chi connectivity index (χ2v) is 10.2. The summed E-state index contributed by atoms with van der Waals surface area (Å²) in [6.45, 7) is 4.23. The minimum Gasteiger partial charge on any atom is -0.299 e. The Balaban J connectivity index is 1.71. The first-order valence-corrected chi connectivity index (χ1v) is 11.7. The molecule has 162 valence electrons. The highest BCUT2D eigenvalue weighted by atomic mass is 79.9. The van der Waals surface area contributed by atoms with Gasteiger partial charge in [0.15, 0.2) is 5.65 Å². The summed E-state index contributed by atoms with van der Waals surface area (Å²) in [5.41, 5.74) is 6.11. The first-order valence-electron chi connectivity index (χ1n) is 11.0. The average molecular weight is 497 g/mol. The number of aromatic nitrogens is 4. The van der Waals surface area contributed by atoms with Gasteiger partial charge < -0.3 is 0 Å². The number of halogens is 1. The molecule has 0 N–H and O–H groups in total. The van der Waals surface area contributed by atoms with Gasteiger partial charge in [-0.25, -0.2) is 9.67 Å². The van der Waals surface area contributed by atoms with Crippen molar-refractivity contribution in [3.05, 3.63) is 82.6 Å². The first-order chi connectivity index (χ1) is 15.9. The number of benzene rings is 2. The number of Topliss-reactive ketones (excluding diaryl/α,β-unsaturated/α-hetero) is 1. The van der Waals surface area contributed by atoms with Gasteiger partial charge in [-0.2, -0.15) is 5.10 Å². The number of rotatable bonds is 2. The van der Waals surface area contributed by atoms with Crippen molar-refractivity contribution in [2.45, 2.75) is 32.1 Å². The number of ketones is 1. The number of carbonyl (C=O) groups is 1. The van der Waals surface area contributed by atoms with E-state index in [1.165, 1.54) is 0 Å². The van der Waals surface area contributed by atoms with Crippen LogP contribution >= 0.6 is 15.9 Å². The number of hydrogen-bond acceptors (Lipinski definition) is 4. The average Bonchev–Trinajstić information content (AvgIpc) is 3.19. The number of hydrogen-bond donors (Lipinski definition) is 0. The van der Waals surface area contributed by atoms with Crippen molar-refractivity contribution in [3.63, 3.8) is 0 Å². The van der Waals surface area contributed by atoms with Crippen molar-refractivity contribution in [1.29, 1.82) is 0 Å². The molecule has 0 amide bonds. The Bertz CT molecular complexity index is 1550. The van der Waals surface area contributed by atoms with E-state index in [0.717, 1.165) is 54.6 Å². The van der Waals surface area contributed by atoms with Gasteiger partial charge in [-0.1, -0.05) is 60.1 Å². The molecule has 6 heteroatoms. The van der Waals surface area contributed by atoms with E-state index in [-0.39, 0.29) is 11.2 Å². The zero-order valence-corrected chi connectivity index (χ0v) is 19.9. The molecule has 0 unspecified atom stereocenters.